The Hall–Kier alpha value is -0.560. The van der Waals surface area contributed by atoms with E-state index in [1.807, 2.05) is 6.08 Å². The van der Waals surface area contributed by atoms with Gasteiger partial charge in [-0.05, 0) is 18.8 Å². The fourth-order valence-corrected chi connectivity index (χ4v) is 3.40. The Labute approximate surface area is 126 Å². The molecule has 1 heterocycles. The van der Waals surface area contributed by atoms with Crippen LogP contribution in [-0.2, 0) is 4.79 Å². The summed E-state index contributed by atoms with van der Waals surface area (Å²) in [4.78, 5) is 14.3. The summed E-state index contributed by atoms with van der Waals surface area (Å²) in [6, 6.07) is 0. The molecule has 5 nitrogen and oxygen atoms in total. The van der Waals surface area contributed by atoms with Gasteiger partial charge < -0.3 is 5.32 Å². The fraction of sp³-hybridized carbons (Fsp3) is 0.786. The number of hydrogen-bond acceptors (Lipinski definition) is 5. The SMILES string of the molecule is C=CCN1C(S)NNC1CNC(=O)C1CCCC(C)C1. The van der Waals surface area contributed by atoms with Crippen LogP contribution in [0.2, 0.25) is 0 Å². The second-order valence-electron chi connectivity index (χ2n) is 5.88. The summed E-state index contributed by atoms with van der Waals surface area (Å²) in [5.41, 5.74) is 6.15. The Morgan fingerprint density at radius 3 is 3.00 bits per heavy atom. The van der Waals surface area contributed by atoms with E-state index in [1.165, 1.54) is 12.8 Å². The van der Waals surface area contributed by atoms with E-state index in [-0.39, 0.29) is 23.5 Å². The van der Waals surface area contributed by atoms with E-state index in [9.17, 15) is 4.79 Å². The molecule has 1 amide bonds. The number of carbonyl (C=O) groups excluding carboxylic acids is 1. The topological polar surface area (TPSA) is 56.4 Å². The number of hydrogen-bond donors (Lipinski definition) is 4. The smallest absolute Gasteiger partial charge is 0.223 e. The van der Waals surface area contributed by atoms with Gasteiger partial charge in [0.05, 0.1) is 6.17 Å². The molecule has 4 unspecified atom stereocenters. The molecule has 2 aliphatic rings. The Morgan fingerprint density at radius 1 is 1.50 bits per heavy atom. The summed E-state index contributed by atoms with van der Waals surface area (Å²) < 4.78 is 0. The summed E-state index contributed by atoms with van der Waals surface area (Å²) in [5, 5.41) is 3.07. The first kappa shape index (κ1) is 15.8. The average molecular weight is 298 g/mol. The molecule has 0 bridgehead atoms. The molecule has 6 heteroatoms. The van der Waals surface area contributed by atoms with Crippen LogP contribution in [0.4, 0.5) is 0 Å². The summed E-state index contributed by atoms with van der Waals surface area (Å²) in [5.74, 6) is 1.05. The van der Waals surface area contributed by atoms with Gasteiger partial charge in [-0.25, -0.2) is 10.9 Å². The highest BCUT2D eigenvalue weighted by atomic mass is 32.1. The van der Waals surface area contributed by atoms with Gasteiger partial charge >= 0.3 is 0 Å². The molecule has 4 atom stereocenters. The quantitative estimate of drug-likeness (QED) is 0.453. The zero-order chi connectivity index (χ0) is 14.5. The van der Waals surface area contributed by atoms with Gasteiger partial charge in [0.2, 0.25) is 5.91 Å². The van der Waals surface area contributed by atoms with Gasteiger partial charge in [-0.15, -0.1) is 19.2 Å². The standard InChI is InChI=1S/C14H26N4OS/c1-3-7-18-12(16-17-14(18)20)9-15-13(19)11-6-4-5-10(2)8-11/h3,10-12,14,16-17,20H,1,4-9H2,2H3,(H,15,19). The molecule has 1 aliphatic carbocycles. The second-order valence-corrected chi connectivity index (χ2v) is 6.37. The van der Waals surface area contributed by atoms with Crippen molar-refractivity contribution in [1.82, 2.24) is 21.1 Å². The molecule has 0 aromatic heterocycles. The van der Waals surface area contributed by atoms with Crippen LogP contribution in [0, 0.1) is 11.8 Å². The third-order valence-corrected chi connectivity index (χ3v) is 4.64. The molecule has 0 spiro atoms. The van der Waals surface area contributed by atoms with Crippen molar-refractivity contribution in [3.63, 3.8) is 0 Å². The van der Waals surface area contributed by atoms with Crippen molar-refractivity contribution in [2.24, 2.45) is 11.8 Å². The average Bonchev–Trinajstić information content (AvgIpc) is 2.78. The molecule has 0 aromatic rings. The van der Waals surface area contributed by atoms with Crippen LogP contribution < -0.4 is 16.2 Å². The minimum atomic E-state index is -0.0513. The zero-order valence-electron chi connectivity index (χ0n) is 12.1. The summed E-state index contributed by atoms with van der Waals surface area (Å²) in [7, 11) is 0. The molecule has 0 aromatic carbocycles. The van der Waals surface area contributed by atoms with E-state index in [0.717, 1.165) is 19.4 Å². The Balaban J connectivity index is 1.79. The predicted octanol–water partition coefficient (Wildman–Crippen LogP) is 1.06. The van der Waals surface area contributed by atoms with Gasteiger partial charge in [-0.2, -0.15) is 0 Å². The van der Waals surface area contributed by atoms with E-state index in [0.29, 0.717) is 12.5 Å². The number of thiol groups is 1. The lowest BCUT2D eigenvalue weighted by atomic mass is 9.82. The van der Waals surface area contributed by atoms with Gasteiger partial charge in [-0.1, -0.05) is 25.8 Å². The highest BCUT2D eigenvalue weighted by Gasteiger charge is 2.31. The van der Waals surface area contributed by atoms with E-state index >= 15 is 0 Å². The van der Waals surface area contributed by atoms with Crippen molar-refractivity contribution >= 4 is 18.5 Å². The highest BCUT2D eigenvalue weighted by molar-refractivity contribution is 7.80. The molecule has 2 fully saturated rings. The molecule has 0 radical (unpaired) electrons. The van der Waals surface area contributed by atoms with E-state index in [1.54, 1.807) is 0 Å². The minimum Gasteiger partial charge on any atom is -0.353 e. The Morgan fingerprint density at radius 2 is 2.30 bits per heavy atom. The second kappa shape index (κ2) is 7.45. The number of nitrogens with zero attached hydrogens (tertiary/aromatic N) is 1. The van der Waals surface area contributed by atoms with Gasteiger partial charge in [0.15, 0.2) is 0 Å². The van der Waals surface area contributed by atoms with Crippen molar-refractivity contribution in [2.75, 3.05) is 13.1 Å². The third kappa shape index (κ3) is 3.97. The first-order valence-electron chi connectivity index (χ1n) is 7.45. The molecule has 114 valence electrons. The normalized spacial score (nSPS) is 34.9. The summed E-state index contributed by atoms with van der Waals surface area (Å²) >= 11 is 4.43. The predicted molar refractivity (Wildman–Crippen MR) is 83.9 cm³/mol. The van der Waals surface area contributed by atoms with Crippen LogP contribution in [0.1, 0.15) is 32.6 Å². The number of carbonyl (C=O) groups is 1. The monoisotopic (exact) mass is 298 g/mol. The molecule has 3 N–H and O–H groups in total. The maximum Gasteiger partial charge on any atom is 0.223 e. The number of hydrazine groups is 1. The fourth-order valence-electron chi connectivity index (χ4n) is 3.07. The maximum atomic E-state index is 12.2. The van der Waals surface area contributed by atoms with Crippen molar-refractivity contribution in [3.8, 4) is 0 Å². The highest BCUT2D eigenvalue weighted by Crippen LogP contribution is 2.28. The minimum absolute atomic E-state index is 0.0513. The number of rotatable bonds is 5. The lowest BCUT2D eigenvalue weighted by Gasteiger charge is -2.28. The molecule has 1 saturated carbocycles. The lowest BCUT2D eigenvalue weighted by Crippen LogP contribution is -2.48. The first-order chi connectivity index (χ1) is 9.61. The first-order valence-corrected chi connectivity index (χ1v) is 7.97. The van der Waals surface area contributed by atoms with Crippen LogP contribution in [0.5, 0.6) is 0 Å². The van der Waals surface area contributed by atoms with Crippen molar-refractivity contribution in [3.05, 3.63) is 12.7 Å². The lowest BCUT2D eigenvalue weighted by molar-refractivity contribution is -0.126. The van der Waals surface area contributed by atoms with Gasteiger partial charge in [0.25, 0.3) is 0 Å². The maximum absolute atomic E-state index is 12.2. The van der Waals surface area contributed by atoms with Crippen molar-refractivity contribution in [1.29, 1.82) is 0 Å². The zero-order valence-corrected chi connectivity index (χ0v) is 13.0. The largest absolute Gasteiger partial charge is 0.353 e. The molecular weight excluding hydrogens is 272 g/mol. The van der Waals surface area contributed by atoms with Gasteiger partial charge in [0.1, 0.15) is 5.50 Å². The van der Waals surface area contributed by atoms with Gasteiger partial charge in [-0.3, -0.25) is 9.69 Å². The van der Waals surface area contributed by atoms with Crippen molar-refractivity contribution in [2.45, 2.75) is 44.3 Å². The Bertz CT molecular complexity index is 352. The van der Waals surface area contributed by atoms with E-state index in [2.05, 4.69) is 47.2 Å². The van der Waals surface area contributed by atoms with E-state index < -0.39 is 0 Å². The molecule has 20 heavy (non-hydrogen) atoms. The van der Waals surface area contributed by atoms with Gasteiger partial charge in [0, 0.05) is 19.0 Å². The number of amides is 1. The van der Waals surface area contributed by atoms with E-state index in [4.69, 9.17) is 0 Å². The number of nitrogens with one attached hydrogen (secondary N) is 3. The molecule has 1 aliphatic heterocycles. The van der Waals surface area contributed by atoms with Crippen LogP contribution in [-0.4, -0.2) is 35.6 Å². The van der Waals surface area contributed by atoms with Crippen LogP contribution >= 0.6 is 12.6 Å². The molecular formula is C14H26N4OS. The van der Waals surface area contributed by atoms with Crippen LogP contribution in [0.15, 0.2) is 12.7 Å². The third-order valence-electron chi connectivity index (χ3n) is 4.21. The Kier molecular flexibility index (Phi) is 5.89. The van der Waals surface area contributed by atoms with Crippen molar-refractivity contribution < 1.29 is 4.79 Å². The summed E-state index contributed by atoms with van der Waals surface area (Å²) in [6.07, 6.45) is 6.37. The molecule has 2 rings (SSSR count). The van der Waals surface area contributed by atoms with Crippen LogP contribution in [0.25, 0.3) is 0 Å². The molecule has 1 saturated heterocycles. The van der Waals surface area contributed by atoms with Crippen LogP contribution in [0.3, 0.4) is 0 Å². The summed E-state index contributed by atoms with van der Waals surface area (Å²) in [6.45, 7) is 7.30.